The van der Waals surface area contributed by atoms with Crippen LogP contribution in [0.4, 0.5) is 0 Å². The van der Waals surface area contributed by atoms with Crippen LogP contribution in [0.15, 0.2) is 5.38 Å². The number of aromatic nitrogens is 1. The number of nitrogens with zero attached hydrogens (tertiary/aromatic N) is 1. The lowest BCUT2D eigenvalue weighted by Gasteiger charge is -2.04. The maximum absolute atomic E-state index is 5.74. The van der Waals surface area contributed by atoms with Crippen molar-refractivity contribution in [2.45, 2.75) is 70.6 Å². The van der Waals surface area contributed by atoms with Gasteiger partial charge in [-0.25, -0.2) is 4.98 Å². The number of aryl methyl sites for hydroxylation is 1. The minimum Gasteiger partial charge on any atom is -0.381 e. The molecule has 0 bridgehead atoms. The summed E-state index contributed by atoms with van der Waals surface area (Å²) in [7, 11) is 0. The molecule has 0 aliphatic rings. The fraction of sp³-hybridized carbons (Fsp3) is 0.812. The second kappa shape index (κ2) is 12.6. The number of alkyl halides is 1. The highest BCUT2D eigenvalue weighted by molar-refractivity contribution is 7.09. The summed E-state index contributed by atoms with van der Waals surface area (Å²) in [6, 6.07) is 0. The van der Waals surface area contributed by atoms with Gasteiger partial charge >= 0.3 is 0 Å². The van der Waals surface area contributed by atoms with Crippen molar-refractivity contribution in [3.05, 3.63) is 16.1 Å². The van der Waals surface area contributed by atoms with Crippen LogP contribution >= 0.6 is 22.9 Å². The van der Waals surface area contributed by atoms with Crippen LogP contribution < -0.4 is 0 Å². The molecule has 0 saturated heterocycles. The van der Waals surface area contributed by atoms with Crippen molar-refractivity contribution in [3.8, 4) is 0 Å². The number of hydrogen-bond donors (Lipinski definition) is 0. The predicted molar refractivity (Wildman–Crippen MR) is 88.8 cm³/mol. The second-order valence-electron chi connectivity index (χ2n) is 5.20. The van der Waals surface area contributed by atoms with Crippen LogP contribution in [-0.4, -0.2) is 18.2 Å². The number of hydrogen-bond acceptors (Lipinski definition) is 3. The van der Waals surface area contributed by atoms with Gasteiger partial charge in [-0.05, 0) is 25.7 Å². The van der Waals surface area contributed by atoms with Crippen LogP contribution in [0.5, 0.6) is 0 Å². The molecule has 0 saturated carbocycles. The second-order valence-corrected chi connectivity index (χ2v) is 6.41. The van der Waals surface area contributed by atoms with Crippen LogP contribution in [0.2, 0.25) is 0 Å². The molecule has 0 unspecified atom stereocenters. The van der Waals surface area contributed by atoms with E-state index in [2.05, 4.69) is 17.3 Å². The molecule has 1 heterocycles. The normalized spacial score (nSPS) is 11.1. The van der Waals surface area contributed by atoms with Crippen molar-refractivity contribution in [2.75, 3.05) is 13.2 Å². The average molecular weight is 318 g/mol. The minimum absolute atomic E-state index is 0.526. The SMILES string of the molecule is CCCCCCCCOCCCCc1nc(CCl)cs1. The summed E-state index contributed by atoms with van der Waals surface area (Å²) in [6.45, 7) is 4.08. The Bertz CT molecular complexity index is 330. The Balaban J connectivity index is 1.83. The van der Waals surface area contributed by atoms with Crippen LogP contribution in [0.1, 0.15) is 69.0 Å². The van der Waals surface area contributed by atoms with E-state index in [0.717, 1.165) is 38.2 Å². The highest BCUT2D eigenvalue weighted by Gasteiger charge is 2.00. The van der Waals surface area contributed by atoms with Gasteiger partial charge in [-0.1, -0.05) is 39.0 Å². The third kappa shape index (κ3) is 8.93. The molecule has 0 aromatic carbocycles. The molecule has 0 atom stereocenters. The Labute approximate surface area is 132 Å². The molecule has 0 aliphatic carbocycles. The molecule has 0 fully saturated rings. The fourth-order valence-corrected chi connectivity index (χ4v) is 3.16. The first-order valence-corrected chi connectivity index (χ1v) is 9.35. The Morgan fingerprint density at radius 3 is 2.45 bits per heavy atom. The van der Waals surface area contributed by atoms with Crippen molar-refractivity contribution < 1.29 is 4.74 Å². The minimum atomic E-state index is 0.526. The lowest BCUT2D eigenvalue weighted by molar-refractivity contribution is 0.126. The van der Waals surface area contributed by atoms with Crippen molar-refractivity contribution in [2.24, 2.45) is 0 Å². The Hall–Kier alpha value is -0.120. The molecule has 0 N–H and O–H groups in total. The maximum Gasteiger partial charge on any atom is 0.0928 e. The van der Waals surface area contributed by atoms with E-state index < -0.39 is 0 Å². The Kier molecular flexibility index (Phi) is 11.3. The topological polar surface area (TPSA) is 22.1 Å². The first-order chi connectivity index (χ1) is 9.86. The third-order valence-electron chi connectivity index (χ3n) is 3.31. The molecule has 0 amide bonds. The molecular weight excluding hydrogens is 290 g/mol. The lowest BCUT2D eigenvalue weighted by atomic mass is 10.1. The maximum atomic E-state index is 5.74. The predicted octanol–water partition coefficient (Wildman–Crippen LogP) is 5.58. The van der Waals surface area contributed by atoms with E-state index in [1.165, 1.54) is 43.5 Å². The van der Waals surface area contributed by atoms with Gasteiger partial charge in [0.15, 0.2) is 0 Å². The van der Waals surface area contributed by atoms with Crippen molar-refractivity contribution >= 4 is 22.9 Å². The summed E-state index contributed by atoms with van der Waals surface area (Å²) in [4.78, 5) is 4.46. The van der Waals surface area contributed by atoms with Crippen molar-refractivity contribution in [3.63, 3.8) is 0 Å². The van der Waals surface area contributed by atoms with Gasteiger partial charge in [0.05, 0.1) is 16.6 Å². The van der Waals surface area contributed by atoms with Gasteiger partial charge in [-0.3, -0.25) is 0 Å². The average Bonchev–Trinajstić information content (AvgIpc) is 2.93. The van der Waals surface area contributed by atoms with Crippen LogP contribution in [0, 0.1) is 0 Å². The zero-order valence-electron chi connectivity index (χ0n) is 12.7. The third-order valence-corrected chi connectivity index (χ3v) is 4.54. The van der Waals surface area contributed by atoms with E-state index in [4.69, 9.17) is 16.3 Å². The van der Waals surface area contributed by atoms with Gasteiger partial charge in [-0.15, -0.1) is 22.9 Å². The number of thiazole rings is 1. The molecule has 0 radical (unpaired) electrons. The van der Waals surface area contributed by atoms with E-state index in [-0.39, 0.29) is 0 Å². The molecule has 1 aromatic heterocycles. The summed E-state index contributed by atoms with van der Waals surface area (Å²) in [5.41, 5.74) is 1.01. The quantitative estimate of drug-likeness (QED) is 0.350. The number of rotatable bonds is 13. The molecule has 1 aromatic rings. The van der Waals surface area contributed by atoms with Gasteiger partial charge in [0, 0.05) is 18.6 Å². The summed E-state index contributed by atoms with van der Waals surface area (Å²) in [6.07, 6.45) is 11.3. The molecular formula is C16H28ClNOS. The number of ether oxygens (including phenoxy) is 1. The van der Waals surface area contributed by atoms with Crippen molar-refractivity contribution in [1.82, 2.24) is 4.98 Å². The number of halogens is 1. The molecule has 116 valence electrons. The summed E-state index contributed by atoms with van der Waals surface area (Å²) in [5, 5.41) is 3.26. The van der Waals surface area contributed by atoms with E-state index in [0.29, 0.717) is 5.88 Å². The monoisotopic (exact) mass is 317 g/mol. The lowest BCUT2D eigenvalue weighted by Crippen LogP contribution is -1.98. The molecule has 0 aliphatic heterocycles. The van der Waals surface area contributed by atoms with E-state index in [1.54, 1.807) is 11.3 Å². The highest BCUT2D eigenvalue weighted by atomic mass is 35.5. The molecule has 1 rings (SSSR count). The Morgan fingerprint density at radius 1 is 1.05 bits per heavy atom. The van der Waals surface area contributed by atoms with Gasteiger partial charge in [0.2, 0.25) is 0 Å². The van der Waals surface area contributed by atoms with Gasteiger partial charge in [0.25, 0.3) is 0 Å². The molecule has 4 heteroatoms. The van der Waals surface area contributed by atoms with Crippen LogP contribution in [-0.2, 0) is 17.0 Å². The molecule has 0 spiro atoms. The van der Waals surface area contributed by atoms with Crippen LogP contribution in [0.25, 0.3) is 0 Å². The van der Waals surface area contributed by atoms with Gasteiger partial charge in [0.1, 0.15) is 0 Å². The summed E-state index contributed by atoms with van der Waals surface area (Å²) < 4.78 is 5.67. The largest absolute Gasteiger partial charge is 0.381 e. The molecule has 2 nitrogen and oxygen atoms in total. The summed E-state index contributed by atoms with van der Waals surface area (Å²) in [5.74, 6) is 0.526. The van der Waals surface area contributed by atoms with E-state index in [1.807, 2.05) is 0 Å². The van der Waals surface area contributed by atoms with Crippen LogP contribution in [0.3, 0.4) is 0 Å². The Morgan fingerprint density at radius 2 is 1.75 bits per heavy atom. The van der Waals surface area contributed by atoms with Crippen molar-refractivity contribution in [1.29, 1.82) is 0 Å². The summed E-state index contributed by atoms with van der Waals surface area (Å²) >= 11 is 7.46. The fourth-order valence-electron chi connectivity index (χ4n) is 2.09. The first kappa shape index (κ1) is 17.9. The van der Waals surface area contributed by atoms with E-state index >= 15 is 0 Å². The zero-order valence-corrected chi connectivity index (χ0v) is 14.3. The number of unbranched alkanes of at least 4 members (excludes halogenated alkanes) is 6. The van der Waals surface area contributed by atoms with Gasteiger partial charge < -0.3 is 4.74 Å². The van der Waals surface area contributed by atoms with Gasteiger partial charge in [-0.2, -0.15) is 0 Å². The van der Waals surface area contributed by atoms with E-state index in [9.17, 15) is 0 Å². The smallest absolute Gasteiger partial charge is 0.0928 e. The molecule has 20 heavy (non-hydrogen) atoms. The first-order valence-electron chi connectivity index (χ1n) is 7.93. The zero-order chi connectivity index (χ0) is 14.5. The standard InChI is InChI=1S/C16H28ClNOS/c1-2-3-4-5-6-8-11-19-12-9-7-10-16-18-15(13-17)14-20-16/h14H,2-13H2,1H3. The highest BCUT2D eigenvalue weighted by Crippen LogP contribution is 2.14.